The van der Waals surface area contributed by atoms with Gasteiger partial charge in [0.15, 0.2) is 33.6 Å². The quantitative estimate of drug-likeness (QED) is 0.350. The van der Waals surface area contributed by atoms with E-state index >= 15 is 0 Å². The van der Waals surface area contributed by atoms with E-state index in [1.165, 1.54) is 18.1 Å². The molecule has 0 bridgehead atoms. The SMILES string of the molecule is CCNS(=O)(=O)CCCn1c(Sc2cc3c(cc2-c2ccco2)OCO3)nc2c(N)ncnc21. The second kappa shape index (κ2) is 9.16. The molecule has 0 aliphatic carbocycles. The molecule has 0 saturated carbocycles. The molecule has 0 unspecified atom stereocenters. The number of nitrogens with two attached hydrogens (primary N) is 1. The Hall–Kier alpha value is -3.29. The van der Waals surface area contributed by atoms with Crippen LogP contribution in [0.2, 0.25) is 0 Å². The van der Waals surface area contributed by atoms with Crippen molar-refractivity contribution in [2.75, 3.05) is 24.8 Å². The minimum Gasteiger partial charge on any atom is -0.464 e. The molecule has 0 amide bonds. The number of hydrogen-bond acceptors (Lipinski definition) is 10. The van der Waals surface area contributed by atoms with Crippen LogP contribution >= 0.6 is 11.8 Å². The number of nitrogens with one attached hydrogen (secondary N) is 1. The molecule has 0 saturated heterocycles. The summed E-state index contributed by atoms with van der Waals surface area (Å²) in [6.45, 7) is 2.62. The fourth-order valence-electron chi connectivity index (χ4n) is 3.65. The molecular weight excluding hydrogens is 480 g/mol. The second-order valence-electron chi connectivity index (χ2n) is 7.43. The molecular formula is C21H22N6O5S2. The van der Waals surface area contributed by atoms with Gasteiger partial charge in [0.2, 0.25) is 16.8 Å². The Morgan fingerprint density at radius 1 is 1.24 bits per heavy atom. The fraction of sp³-hybridized carbons (Fsp3) is 0.286. The lowest BCUT2D eigenvalue weighted by Crippen LogP contribution is -2.26. The maximum atomic E-state index is 12.1. The third-order valence-corrected chi connectivity index (χ3v) is 7.75. The van der Waals surface area contributed by atoms with E-state index in [2.05, 4.69) is 19.7 Å². The predicted octanol–water partition coefficient (Wildman–Crippen LogP) is 2.88. The lowest BCUT2D eigenvalue weighted by molar-refractivity contribution is 0.174. The number of hydrogen-bond donors (Lipinski definition) is 2. The number of sulfonamides is 1. The zero-order valence-corrected chi connectivity index (χ0v) is 19.9. The summed E-state index contributed by atoms with van der Waals surface area (Å²) in [6, 6.07) is 7.41. The van der Waals surface area contributed by atoms with Gasteiger partial charge in [0.25, 0.3) is 0 Å². The first kappa shape index (κ1) is 22.5. The molecule has 13 heteroatoms. The van der Waals surface area contributed by atoms with E-state index in [0.29, 0.717) is 53.1 Å². The van der Waals surface area contributed by atoms with Crippen molar-refractivity contribution < 1.29 is 22.3 Å². The van der Waals surface area contributed by atoms with Crippen LogP contribution in [0.25, 0.3) is 22.5 Å². The van der Waals surface area contributed by atoms with Gasteiger partial charge in [-0.3, -0.25) is 0 Å². The van der Waals surface area contributed by atoms with Gasteiger partial charge >= 0.3 is 0 Å². The maximum absolute atomic E-state index is 12.1. The number of benzene rings is 1. The van der Waals surface area contributed by atoms with Gasteiger partial charge in [-0.05, 0) is 30.7 Å². The van der Waals surface area contributed by atoms with Gasteiger partial charge in [-0.15, -0.1) is 0 Å². The molecule has 0 fully saturated rings. The number of aromatic nitrogens is 4. The topological polar surface area (TPSA) is 147 Å². The Morgan fingerprint density at radius 2 is 2.06 bits per heavy atom. The number of furan rings is 1. The highest BCUT2D eigenvalue weighted by Gasteiger charge is 2.23. The number of aryl methyl sites for hydroxylation is 1. The molecule has 0 spiro atoms. The number of nitrogens with zero attached hydrogens (tertiary/aromatic N) is 4. The van der Waals surface area contributed by atoms with Crippen LogP contribution in [-0.2, 0) is 16.6 Å². The van der Waals surface area contributed by atoms with Gasteiger partial charge in [-0.25, -0.2) is 28.1 Å². The number of fused-ring (bicyclic) bond motifs is 2. The molecule has 4 aromatic rings. The number of nitrogen functional groups attached to an aromatic ring is 1. The van der Waals surface area contributed by atoms with E-state index in [9.17, 15) is 8.42 Å². The van der Waals surface area contributed by atoms with Gasteiger partial charge in [0.05, 0.1) is 12.0 Å². The lowest BCUT2D eigenvalue weighted by atomic mass is 10.1. The first-order chi connectivity index (χ1) is 16.4. The van der Waals surface area contributed by atoms with E-state index in [4.69, 9.17) is 19.6 Å². The summed E-state index contributed by atoms with van der Waals surface area (Å²) in [5.41, 5.74) is 7.86. The molecule has 3 aromatic heterocycles. The van der Waals surface area contributed by atoms with Crippen LogP contribution in [-0.4, -0.2) is 47.0 Å². The first-order valence-electron chi connectivity index (χ1n) is 10.5. The van der Waals surface area contributed by atoms with E-state index in [1.54, 1.807) is 13.2 Å². The van der Waals surface area contributed by atoms with Crippen LogP contribution in [0.1, 0.15) is 13.3 Å². The highest BCUT2D eigenvalue weighted by atomic mass is 32.2. The third kappa shape index (κ3) is 4.41. The van der Waals surface area contributed by atoms with Crippen LogP contribution in [0.5, 0.6) is 11.5 Å². The minimum absolute atomic E-state index is 0.0210. The normalized spacial score (nSPS) is 13.1. The van der Waals surface area contributed by atoms with E-state index in [-0.39, 0.29) is 18.4 Å². The maximum Gasteiger partial charge on any atom is 0.231 e. The van der Waals surface area contributed by atoms with Crippen molar-refractivity contribution in [3.8, 4) is 22.8 Å². The molecule has 3 N–H and O–H groups in total. The summed E-state index contributed by atoms with van der Waals surface area (Å²) in [7, 11) is -3.35. The summed E-state index contributed by atoms with van der Waals surface area (Å²) in [4.78, 5) is 13.9. The Bertz CT molecular complexity index is 1440. The van der Waals surface area contributed by atoms with Gasteiger partial charge in [-0.2, -0.15) is 0 Å². The Morgan fingerprint density at radius 3 is 2.82 bits per heavy atom. The second-order valence-corrected chi connectivity index (χ2v) is 10.4. The number of ether oxygens (including phenoxy) is 2. The molecule has 178 valence electrons. The predicted molar refractivity (Wildman–Crippen MR) is 126 cm³/mol. The summed E-state index contributed by atoms with van der Waals surface area (Å²) < 4.78 is 45.4. The van der Waals surface area contributed by atoms with Gasteiger partial charge < -0.3 is 24.2 Å². The van der Waals surface area contributed by atoms with Crippen molar-refractivity contribution in [2.45, 2.75) is 29.9 Å². The van der Waals surface area contributed by atoms with Crippen LogP contribution in [0.15, 0.2) is 51.3 Å². The standard InChI is InChI=1S/C21H22N6O5S2/c1-2-25-34(28,29)8-4-6-27-20-18(19(22)23-11-24-20)26-21(27)33-17-10-16-15(31-12-32-16)9-13(17)14-5-3-7-30-14/h3,5,7,9-11,25H,2,4,6,8,12H2,1H3,(H2,22,23,24). The van der Waals surface area contributed by atoms with Gasteiger partial charge in [-0.1, -0.05) is 18.7 Å². The number of imidazole rings is 1. The first-order valence-corrected chi connectivity index (χ1v) is 13.0. The van der Waals surface area contributed by atoms with E-state index in [1.807, 2.05) is 28.8 Å². The zero-order valence-electron chi connectivity index (χ0n) is 18.2. The molecule has 1 aliphatic rings. The van der Waals surface area contributed by atoms with Crippen molar-refractivity contribution in [3.63, 3.8) is 0 Å². The van der Waals surface area contributed by atoms with Crippen molar-refractivity contribution in [2.24, 2.45) is 0 Å². The average Bonchev–Trinajstić information content (AvgIpc) is 3.54. The zero-order chi connectivity index (χ0) is 23.7. The Balaban J connectivity index is 1.53. The van der Waals surface area contributed by atoms with Crippen LogP contribution < -0.4 is 19.9 Å². The van der Waals surface area contributed by atoms with Crippen LogP contribution in [0.4, 0.5) is 5.82 Å². The average molecular weight is 503 g/mol. The number of rotatable bonds is 9. The number of anilines is 1. The van der Waals surface area contributed by atoms with E-state index < -0.39 is 10.0 Å². The van der Waals surface area contributed by atoms with Crippen molar-refractivity contribution in [3.05, 3.63) is 36.9 Å². The molecule has 0 atom stereocenters. The molecule has 1 aromatic carbocycles. The summed E-state index contributed by atoms with van der Waals surface area (Å²) in [5, 5.41) is 0.592. The van der Waals surface area contributed by atoms with Crippen LogP contribution in [0.3, 0.4) is 0 Å². The Kier molecular flexibility index (Phi) is 6.06. The fourth-order valence-corrected chi connectivity index (χ4v) is 5.80. The highest BCUT2D eigenvalue weighted by Crippen LogP contribution is 2.45. The van der Waals surface area contributed by atoms with Crippen molar-refractivity contribution in [1.82, 2.24) is 24.2 Å². The van der Waals surface area contributed by atoms with Crippen LogP contribution in [0, 0.1) is 0 Å². The minimum atomic E-state index is -3.35. The molecule has 0 radical (unpaired) electrons. The van der Waals surface area contributed by atoms with Gasteiger partial charge in [0, 0.05) is 23.5 Å². The largest absolute Gasteiger partial charge is 0.464 e. The molecule has 34 heavy (non-hydrogen) atoms. The third-order valence-electron chi connectivity index (χ3n) is 5.15. The smallest absolute Gasteiger partial charge is 0.231 e. The molecule has 4 heterocycles. The summed E-state index contributed by atoms with van der Waals surface area (Å²) in [5.74, 6) is 2.15. The monoisotopic (exact) mass is 502 g/mol. The highest BCUT2D eigenvalue weighted by molar-refractivity contribution is 7.99. The van der Waals surface area contributed by atoms with Crippen molar-refractivity contribution in [1.29, 1.82) is 0 Å². The summed E-state index contributed by atoms with van der Waals surface area (Å²) >= 11 is 1.38. The lowest BCUT2D eigenvalue weighted by Gasteiger charge is -2.11. The van der Waals surface area contributed by atoms with Crippen molar-refractivity contribution >= 4 is 38.8 Å². The van der Waals surface area contributed by atoms with E-state index in [0.717, 1.165) is 10.5 Å². The Labute approximate surface area is 199 Å². The van der Waals surface area contributed by atoms with Gasteiger partial charge in [0.1, 0.15) is 12.1 Å². The summed E-state index contributed by atoms with van der Waals surface area (Å²) in [6.07, 6.45) is 3.34. The molecule has 11 nitrogen and oxygen atoms in total. The molecule has 1 aliphatic heterocycles. The molecule has 5 rings (SSSR count).